The average Bonchev–Trinajstić information content (AvgIpc) is 2.30. The first-order chi connectivity index (χ1) is 8.95. The van der Waals surface area contributed by atoms with Gasteiger partial charge in [0.15, 0.2) is 0 Å². The summed E-state index contributed by atoms with van der Waals surface area (Å²) in [5.41, 5.74) is 0.731. The van der Waals surface area contributed by atoms with Gasteiger partial charge in [-0.2, -0.15) is 4.98 Å². The number of aromatic carboxylic acids is 1. The molecule has 0 amide bonds. The molecule has 1 N–H and O–H groups in total. The van der Waals surface area contributed by atoms with Crippen LogP contribution in [0.1, 0.15) is 21.9 Å². The van der Waals surface area contributed by atoms with Gasteiger partial charge in [-0.15, -0.1) is 0 Å². The zero-order chi connectivity index (χ0) is 14.0. The van der Waals surface area contributed by atoms with Crippen LogP contribution in [0.25, 0.3) is 0 Å². The summed E-state index contributed by atoms with van der Waals surface area (Å²) in [7, 11) is 0. The Morgan fingerprint density at radius 2 is 2.00 bits per heavy atom. The van der Waals surface area contributed by atoms with E-state index in [2.05, 4.69) is 9.97 Å². The predicted molar refractivity (Wildman–Crippen MR) is 70.0 cm³/mol. The van der Waals surface area contributed by atoms with Crippen LogP contribution < -0.4 is 4.74 Å². The Bertz CT molecular complexity index is 624. The Hall–Kier alpha value is -2.14. The lowest BCUT2D eigenvalue weighted by Crippen LogP contribution is -2.01. The minimum atomic E-state index is -1.11. The smallest absolute Gasteiger partial charge is 0.339 e. The highest BCUT2D eigenvalue weighted by molar-refractivity contribution is 6.31. The molecule has 1 aromatic heterocycles. The van der Waals surface area contributed by atoms with Crippen molar-refractivity contribution in [2.75, 3.05) is 0 Å². The van der Waals surface area contributed by atoms with E-state index in [9.17, 15) is 4.79 Å². The second kappa shape index (κ2) is 5.24. The molecule has 0 saturated carbocycles. The van der Waals surface area contributed by atoms with Crippen molar-refractivity contribution in [3.05, 3.63) is 46.4 Å². The van der Waals surface area contributed by atoms with Crippen molar-refractivity contribution in [2.24, 2.45) is 0 Å². The summed E-state index contributed by atoms with van der Waals surface area (Å²) in [6.07, 6.45) is 0. The largest absolute Gasteiger partial charge is 0.478 e. The maximum absolute atomic E-state index is 11.1. The molecule has 1 heterocycles. The van der Waals surface area contributed by atoms with E-state index in [1.165, 1.54) is 12.1 Å². The van der Waals surface area contributed by atoms with Crippen LogP contribution in [-0.2, 0) is 0 Å². The van der Waals surface area contributed by atoms with Gasteiger partial charge in [0.1, 0.15) is 17.1 Å². The number of benzene rings is 1. The molecule has 1 aromatic carbocycles. The molecule has 0 saturated heterocycles. The molecule has 98 valence electrons. The van der Waals surface area contributed by atoms with Gasteiger partial charge in [0.2, 0.25) is 5.88 Å². The monoisotopic (exact) mass is 278 g/mol. The minimum absolute atomic E-state index is 0.0126. The molecule has 2 rings (SSSR count). The summed E-state index contributed by atoms with van der Waals surface area (Å²) >= 11 is 5.77. The quantitative estimate of drug-likeness (QED) is 0.933. The maximum Gasteiger partial charge on any atom is 0.339 e. The second-order valence-corrected chi connectivity index (χ2v) is 4.38. The van der Waals surface area contributed by atoms with E-state index in [1.54, 1.807) is 19.1 Å². The summed E-state index contributed by atoms with van der Waals surface area (Å²) in [5.74, 6) is -0.0648. The molecule has 0 aliphatic carbocycles. The van der Waals surface area contributed by atoms with Crippen LogP contribution in [0, 0.1) is 13.8 Å². The van der Waals surface area contributed by atoms with Crippen molar-refractivity contribution < 1.29 is 14.6 Å². The lowest BCUT2D eigenvalue weighted by Gasteiger charge is -2.09. The average molecular weight is 279 g/mol. The first-order valence-electron chi connectivity index (χ1n) is 5.48. The molecular formula is C13H11ClN2O3. The van der Waals surface area contributed by atoms with Gasteiger partial charge in [-0.3, -0.25) is 0 Å². The Kier molecular flexibility index (Phi) is 3.66. The van der Waals surface area contributed by atoms with E-state index in [0.717, 1.165) is 5.69 Å². The lowest BCUT2D eigenvalue weighted by atomic mass is 10.2. The molecule has 0 fully saturated rings. The standard InChI is InChI=1S/C13H11ClN2O3/c1-7-5-12(16-8(2)15-7)19-11-4-3-9(14)6-10(11)13(17)18/h3-6H,1-2H3,(H,17,18). The van der Waals surface area contributed by atoms with Gasteiger partial charge in [-0.25, -0.2) is 9.78 Å². The molecular weight excluding hydrogens is 268 g/mol. The number of hydrogen-bond donors (Lipinski definition) is 1. The Morgan fingerprint density at radius 1 is 1.26 bits per heavy atom. The SMILES string of the molecule is Cc1cc(Oc2ccc(Cl)cc2C(=O)O)nc(C)n1. The number of nitrogens with zero attached hydrogens (tertiary/aromatic N) is 2. The van der Waals surface area contributed by atoms with Crippen molar-refractivity contribution in [1.82, 2.24) is 9.97 Å². The van der Waals surface area contributed by atoms with Crippen LogP contribution in [0.2, 0.25) is 5.02 Å². The number of hydrogen-bond acceptors (Lipinski definition) is 4. The lowest BCUT2D eigenvalue weighted by molar-refractivity contribution is 0.0694. The van der Waals surface area contributed by atoms with Gasteiger partial charge in [0.05, 0.1) is 0 Å². The fraction of sp³-hybridized carbons (Fsp3) is 0.154. The third-order valence-corrected chi connectivity index (χ3v) is 2.56. The van der Waals surface area contributed by atoms with Gasteiger partial charge < -0.3 is 9.84 Å². The fourth-order valence-electron chi connectivity index (χ4n) is 1.61. The molecule has 0 aliphatic rings. The van der Waals surface area contributed by atoms with Crippen LogP contribution in [-0.4, -0.2) is 21.0 Å². The zero-order valence-electron chi connectivity index (χ0n) is 10.3. The third-order valence-electron chi connectivity index (χ3n) is 2.33. The summed E-state index contributed by atoms with van der Waals surface area (Å²) in [4.78, 5) is 19.3. The zero-order valence-corrected chi connectivity index (χ0v) is 11.1. The topological polar surface area (TPSA) is 72.3 Å². The van der Waals surface area contributed by atoms with Crippen molar-refractivity contribution in [3.63, 3.8) is 0 Å². The first kappa shape index (κ1) is 13.3. The predicted octanol–water partition coefficient (Wildman–Crippen LogP) is 3.24. The van der Waals surface area contributed by atoms with Gasteiger partial charge >= 0.3 is 5.97 Å². The van der Waals surface area contributed by atoms with Crippen LogP contribution in [0.15, 0.2) is 24.3 Å². The molecule has 0 aliphatic heterocycles. The Morgan fingerprint density at radius 3 is 2.63 bits per heavy atom. The van der Waals surface area contributed by atoms with Gasteiger partial charge in [0, 0.05) is 16.8 Å². The summed E-state index contributed by atoms with van der Waals surface area (Å²) in [5, 5.41) is 9.44. The molecule has 0 spiro atoms. The van der Waals surface area contributed by atoms with Crippen LogP contribution >= 0.6 is 11.6 Å². The van der Waals surface area contributed by atoms with Gasteiger partial charge in [0.25, 0.3) is 0 Å². The number of carboxylic acid groups (broad SMARTS) is 1. The van der Waals surface area contributed by atoms with E-state index in [1.807, 2.05) is 6.92 Å². The number of ether oxygens (including phenoxy) is 1. The molecule has 0 radical (unpaired) electrons. The Labute approximate surface area is 114 Å². The van der Waals surface area contributed by atoms with Crippen molar-refractivity contribution in [3.8, 4) is 11.6 Å². The van der Waals surface area contributed by atoms with Gasteiger partial charge in [-0.05, 0) is 32.0 Å². The number of carboxylic acids is 1. The number of halogens is 1. The van der Waals surface area contributed by atoms with E-state index < -0.39 is 5.97 Å². The molecule has 19 heavy (non-hydrogen) atoms. The number of aryl methyl sites for hydroxylation is 2. The van der Waals surface area contributed by atoms with E-state index in [4.69, 9.17) is 21.4 Å². The number of carbonyl (C=O) groups is 1. The highest BCUT2D eigenvalue weighted by atomic mass is 35.5. The normalized spacial score (nSPS) is 10.3. The van der Waals surface area contributed by atoms with Crippen molar-refractivity contribution >= 4 is 17.6 Å². The second-order valence-electron chi connectivity index (χ2n) is 3.94. The highest BCUT2D eigenvalue weighted by Gasteiger charge is 2.13. The van der Waals surface area contributed by atoms with E-state index in [0.29, 0.717) is 16.7 Å². The van der Waals surface area contributed by atoms with Crippen LogP contribution in [0.4, 0.5) is 0 Å². The fourth-order valence-corrected chi connectivity index (χ4v) is 1.78. The molecule has 2 aromatic rings. The molecule has 0 unspecified atom stereocenters. The molecule has 0 bridgehead atoms. The third kappa shape index (κ3) is 3.20. The van der Waals surface area contributed by atoms with Crippen molar-refractivity contribution in [1.29, 1.82) is 0 Å². The van der Waals surface area contributed by atoms with Crippen LogP contribution in [0.5, 0.6) is 11.6 Å². The number of rotatable bonds is 3. The molecule has 6 heteroatoms. The molecule has 0 atom stereocenters. The molecule has 5 nitrogen and oxygen atoms in total. The number of aromatic nitrogens is 2. The van der Waals surface area contributed by atoms with Gasteiger partial charge in [-0.1, -0.05) is 11.6 Å². The summed E-state index contributed by atoms with van der Waals surface area (Å²) in [6, 6.07) is 6.02. The van der Waals surface area contributed by atoms with E-state index in [-0.39, 0.29) is 11.3 Å². The van der Waals surface area contributed by atoms with E-state index >= 15 is 0 Å². The van der Waals surface area contributed by atoms with Crippen molar-refractivity contribution in [2.45, 2.75) is 13.8 Å². The summed E-state index contributed by atoms with van der Waals surface area (Å²) in [6.45, 7) is 3.54. The first-order valence-corrected chi connectivity index (χ1v) is 5.86. The summed E-state index contributed by atoms with van der Waals surface area (Å²) < 4.78 is 5.50. The Balaban J connectivity index is 2.40. The van der Waals surface area contributed by atoms with Crippen LogP contribution in [0.3, 0.4) is 0 Å². The maximum atomic E-state index is 11.1. The highest BCUT2D eigenvalue weighted by Crippen LogP contribution is 2.27. The minimum Gasteiger partial charge on any atom is -0.478 e.